The van der Waals surface area contributed by atoms with Crippen molar-refractivity contribution in [3.8, 4) is 11.3 Å². The molecule has 4 heteroatoms. The van der Waals surface area contributed by atoms with Gasteiger partial charge in [-0.2, -0.15) is 16.4 Å². The molecular weight excluding hydrogens is 206 g/mol. The summed E-state index contributed by atoms with van der Waals surface area (Å²) in [5.74, 6) is 0. The molecule has 0 saturated carbocycles. The number of hydrogen-bond donors (Lipinski definition) is 0. The number of rotatable bonds is 2. The van der Waals surface area contributed by atoms with Crippen molar-refractivity contribution < 1.29 is 0 Å². The highest BCUT2D eigenvalue weighted by molar-refractivity contribution is 7.08. The molecule has 0 atom stereocenters. The van der Waals surface area contributed by atoms with E-state index in [-0.39, 0.29) is 0 Å². The number of thiophene rings is 1. The summed E-state index contributed by atoms with van der Waals surface area (Å²) in [6, 6.07) is 4.23. The van der Waals surface area contributed by atoms with Crippen LogP contribution < -0.4 is 0 Å². The maximum Gasteiger partial charge on any atom is 0.136 e. The van der Waals surface area contributed by atoms with Crippen molar-refractivity contribution in [3.63, 3.8) is 0 Å². The van der Waals surface area contributed by atoms with Crippen LogP contribution in [0, 0.1) is 0 Å². The summed E-state index contributed by atoms with van der Waals surface area (Å²) < 4.78 is 4.11. The lowest BCUT2D eigenvalue weighted by atomic mass is 10.2. The molecule has 3 aromatic rings. The lowest BCUT2D eigenvalue weighted by Crippen LogP contribution is -1.90. The van der Waals surface area contributed by atoms with Gasteiger partial charge in [-0.3, -0.25) is 0 Å². The molecule has 76 valence electrons. The second kappa shape index (κ2) is 3.24. The molecule has 0 aromatic carbocycles. The van der Waals surface area contributed by atoms with E-state index in [1.807, 2.05) is 10.7 Å². The first-order valence-electron chi connectivity index (χ1n) is 4.95. The van der Waals surface area contributed by atoms with Crippen LogP contribution in [0.5, 0.6) is 0 Å². The van der Waals surface area contributed by atoms with Crippen LogP contribution >= 0.6 is 11.3 Å². The monoisotopic (exact) mass is 217 g/mol. The van der Waals surface area contributed by atoms with E-state index >= 15 is 0 Å². The van der Waals surface area contributed by atoms with Crippen LogP contribution in [0.4, 0.5) is 0 Å². The van der Waals surface area contributed by atoms with E-state index in [2.05, 4.69) is 45.7 Å². The lowest BCUT2D eigenvalue weighted by molar-refractivity contribution is 0.789. The minimum absolute atomic E-state index is 0.977. The summed E-state index contributed by atoms with van der Waals surface area (Å²) >= 11 is 1.70. The van der Waals surface area contributed by atoms with Gasteiger partial charge in [0.15, 0.2) is 0 Å². The molecule has 0 aliphatic rings. The predicted molar refractivity (Wildman–Crippen MR) is 62.2 cm³/mol. The predicted octanol–water partition coefficient (Wildman–Crippen LogP) is 2.88. The number of fused-ring (bicyclic) bond motifs is 1. The Morgan fingerprint density at radius 1 is 1.40 bits per heavy atom. The zero-order valence-electron chi connectivity index (χ0n) is 8.42. The summed E-state index contributed by atoms with van der Waals surface area (Å²) in [6.45, 7) is 3.11. The summed E-state index contributed by atoms with van der Waals surface area (Å²) in [4.78, 5) is 0. The highest BCUT2D eigenvalue weighted by Crippen LogP contribution is 2.22. The van der Waals surface area contributed by atoms with Crippen molar-refractivity contribution in [2.75, 3.05) is 0 Å². The molecule has 0 aliphatic carbocycles. The van der Waals surface area contributed by atoms with Crippen LogP contribution in [0.25, 0.3) is 16.9 Å². The van der Waals surface area contributed by atoms with Gasteiger partial charge < -0.3 is 4.57 Å². The largest absolute Gasteiger partial charge is 0.332 e. The van der Waals surface area contributed by atoms with Crippen LogP contribution in [0.15, 0.2) is 35.3 Å². The fourth-order valence-electron chi connectivity index (χ4n) is 1.75. The zero-order chi connectivity index (χ0) is 10.3. The van der Waals surface area contributed by atoms with Crippen LogP contribution in [-0.2, 0) is 6.54 Å². The average molecular weight is 217 g/mol. The lowest BCUT2D eigenvalue weighted by Gasteiger charge is -1.93. The summed E-state index contributed by atoms with van der Waals surface area (Å²) in [5.41, 5.74) is 3.40. The maximum absolute atomic E-state index is 4.53. The minimum Gasteiger partial charge on any atom is -0.332 e. The van der Waals surface area contributed by atoms with E-state index in [9.17, 15) is 0 Å². The molecule has 0 N–H and O–H groups in total. The van der Waals surface area contributed by atoms with E-state index in [0.29, 0.717) is 0 Å². The number of hydrogen-bond acceptors (Lipinski definition) is 2. The van der Waals surface area contributed by atoms with Crippen molar-refractivity contribution in [3.05, 3.63) is 35.3 Å². The highest BCUT2D eigenvalue weighted by atomic mass is 32.1. The Labute approximate surface area is 91.6 Å². The molecule has 0 aliphatic heterocycles. The molecule has 0 bridgehead atoms. The van der Waals surface area contributed by atoms with Crippen LogP contribution in [0.2, 0.25) is 0 Å². The van der Waals surface area contributed by atoms with Crippen LogP contribution in [-0.4, -0.2) is 14.2 Å². The molecule has 0 radical (unpaired) electrons. The van der Waals surface area contributed by atoms with Crippen molar-refractivity contribution in [1.29, 1.82) is 0 Å². The smallest absolute Gasteiger partial charge is 0.136 e. The standard InChI is InChI=1S/C11H11N3S/c1-2-13-4-5-14-11(13)7-10(12-14)9-3-6-15-8-9/h3-8H,2H2,1H3. The first-order valence-corrected chi connectivity index (χ1v) is 5.90. The van der Waals surface area contributed by atoms with E-state index in [1.54, 1.807) is 11.3 Å². The first-order chi connectivity index (χ1) is 7.38. The van der Waals surface area contributed by atoms with Crippen molar-refractivity contribution in [2.45, 2.75) is 13.5 Å². The zero-order valence-corrected chi connectivity index (χ0v) is 9.24. The third-order valence-corrected chi connectivity index (χ3v) is 3.24. The molecular formula is C11H11N3S. The fourth-order valence-corrected chi connectivity index (χ4v) is 2.40. The molecule has 3 aromatic heterocycles. The Kier molecular flexibility index (Phi) is 1.89. The second-order valence-corrected chi connectivity index (χ2v) is 4.21. The van der Waals surface area contributed by atoms with Crippen molar-refractivity contribution in [1.82, 2.24) is 14.2 Å². The van der Waals surface area contributed by atoms with Crippen LogP contribution in [0.1, 0.15) is 6.92 Å². The molecule has 3 rings (SSSR count). The Hall–Kier alpha value is -1.55. The molecule has 0 amide bonds. The molecule has 0 saturated heterocycles. The van der Waals surface area contributed by atoms with Gasteiger partial charge >= 0.3 is 0 Å². The second-order valence-electron chi connectivity index (χ2n) is 3.43. The van der Waals surface area contributed by atoms with Gasteiger partial charge in [0.1, 0.15) is 5.65 Å². The molecule has 3 heterocycles. The third kappa shape index (κ3) is 1.29. The van der Waals surface area contributed by atoms with E-state index in [1.165, 1.54) is 5.56 Å². The van der Waals surface area contributed by atoms with Gasteiger partial charge in [0.05, 0.1) is 5.69 Å². The summed E-state index contributed by atoms with van der Waals surface area (Å²) in [6.07, 6.45) is 4.05. The number of imidazole rings is 1. The number of aromatic nitrogens is 3. The Morgan fingerprint density at radius 3 is 3.07 bits per heavy atom. The minimum atomic E-state index is 0.977. The normalized spacial score (nSPS) is 11.3. The average Bonchev–Trinajstić information content (AvgIpc) is 2.93. The number of aryl methyl sites for hydroxylation is 1. The van der Waals surface area contributed by atoms with Crippen LogP contribution in [0.3, 0.4) is 0 Å². The van der Waals surface area contributed by atoms with E-state index in [4.69, 9.17) is 0 Å². The van der Waals surface area contributed by atoms with Crippen molar-refractivity contribution >= 4 is 17.0 Å². The number of nitrogens with zero attached hydrogens (tertiary/aromatic N) is 3. The molecule has 15 heavy (non-hydrogen) atoms. The highest BCUT2D eigenvalue weighted by Gasteiger charge is 2.07. The van der Waals surface area contributed by atoms with Gasteiger partial charge in [0.25, 0.3) is 0 Å². The van der Waals surface area contributed by atoms with Gasteiger partial charge in [-0.25, -0.2) is 4.52 Å². The van der Waals surface area contributed by atoms with E-state index < -0.39 is 0 Å². The Bertz CT molecular complexity index is 574. The van der Waals surface area contributed by atoms with Gasteiger partial charge in [0.2, 0.25) is 0 Å². The van der Waals surface area contributed by atoms with Gasteiger partial charge in [-0.1, -0.05) is 0 Å². The van der Waals surface area contributed by atoms with Crippen molar-refractivity contribution in [2.24, 2.45) is 0 Å². The molecule has 0 fully saturated rings. The SMILES string of the molecule is CCn1ccn2nc(-c3ccsc3)cc12. The quantitative estimate of drug-likeness (QED) is 0.647. The fraction of sp³-hybridized carbons (Fsp3) is 0.182. The topological polar surface area (TPSA) is 22.2 Å². The van der Waals surface area contributed by atoms with Gasteiger partial charge in [0, 0.05) is 35.9 Å². The van der Waals surface area contributed by atoms with Gasteiger partial charge in [-0.15, -0.1) is 0 Å². The third-order valence-electron chi connectivity index (χ3n) is 2.56. The maximum atomic E-state index is 4.53. The summed E-state index contributed by atoms with van der Waals surface area (Å²) in [7, 11) is 0. The van der Waals surface area contributed by atoms with Gasteiger partial charge in [-0.05, 0) is 18.4 Å². The molecule has 3 nitrogen and oxygen atoms in total. The Morgan fingerprint density at radius 2 is 2.33 bits per heavy atom. The molecule has 0 spiro atoms. The first kappa shape index (κ1) is 8.73. The summed E-state index contributed by atoms with van der Waals surface area (Å²) in [5, 5.41) is 8.73. The Balaban J connectivity index is 2.19. The van der Waals surface area contributed by atoms with E-state index in [0.717, 1.165) is 17.9 Å². The molecule has 0 unspecified atom stereocenters.